The number of ether oxygens (including phenoxy) is 1. The van der Waals surface area contributed by atoms with Gasteiger partial charge in [-0.3, -0.25) is 4.79 Å². The molecule has 0 spiro atoms. The summed E-state index contributed by atoms with van der Waals surface area (Å²) >= 11 is 3.11. The Balaban J connectivity index is 1.57. The van der Waals surface area contributed by atoms with E-state index in [1.807, 2.05) is 59.7 Å². The molecule has 0 unspecified atom stereocenters. The summed E-state index contributed by atoms with van der Waals surface area (Å²) in [6, 6.07) is 17.9. The molecule has 0 bridgehead atoms. The molecule has 0 radical (unpaired) electrons. The minimum absolute atomic E-state index is 0.00789. The maximum absolute atomic E-state index is 13.2. The van der Waals surface area contributed by atoms with Crippen molar-refractivity contribution < 1.29 is 9.53 Å². The molecule has 1 aliphatic heterocycles. The van der Waals surface area contributed by atoms with Crippen LogP contribution in [0.15, 0.2) is 71.0 Å². The van der Waals surface area contributed by atoms with Crippen molar-refractivity contribution in [3.05, 3.63) is 77.0 Å². The van der Waals surface area contributed by atoms with Crippen LogP contribution in [-0.4, -0.2) is 46.4 Å². The lowest BCUT2D eigenvalue weighted by Gasteiger charge is -2.17. The molecule has 5 nitrogen and oxygen atoms in total. The maximum Gasteiger partial charge on any atom is 0.258 e. The van der Waals surface area contributed by atoms with Crippen molar-refractivity contribution in [1.29, 1.82) is 0 Å². The number of amides is 1. The second kappa shape index (κ2) is 9.36. The van der Waals surface area contributed by atoms with Crippen LogP contribution in [0.2, 0.25) is 0 Å². The van der Waals surface area contributed by atoms with E-state index in [-0.39, 0.29) is 5.91 Å². The third-order valence-corrected chi connectivity index (χ3v) is 6.31. The van der Waals surface area contributed by atoms with E-state index in [0.717, 1.165) is 27.5 Å². The van der Waals surface area contributed by atoms with Crippen molar-refractivity contribution in [3.8, 4) is 17.0 Å². The van der Waals surface area contributed by atoms with Crippen molar-refractivity contribution >= 4 is 35.5 Å². The molecular formula is C23H21N3O2S2. The minimum atomic E-state index is -0.00789. The van der Waals surface area contributed by atoms with E-state index in [9.17, 15) is 4.79 Å². The van der Waals surface area contributed by atoms with Crippen LogP contribution >= 0.6 is 23.5 Å². The third-order valence-electron chi connectivity index (χ3n) is 4.73. The molecule has 1 fully saturated rings. The van der Waals surface area contributed by atoms with Crippen molar-refractivity contribution in [2.45, 2.75) is 5.16 Å². The SMILES string of the molecule is COc1nc(SC)ncc1/C=C1/SCCN1C(=O)c1ccc(-c2ccccc2)cc1. The van der Waals surface area contributed by atoms with Gasteiger partial charge in [0.2, 0.25) is 5.88 Å². The van der Waals surface area contributed by atoms with Gasteiger partial charge in [0.1, 0.15) is 0 Å². The predicted molar refractivity (Wildman–Crippen MR) is 124 cm³/mol. The van der Waals surface area contributed by atoms with Crippen LogP contribution in [0.4, 0.5) is 0 Å². The molecule has 0 saturated carbocycles. The van der Waals surface area contributed by atoms with Gasteiger partial charge in [0, 0.05) is 24.1 Å². The van der Waals surface area contributed by atoms with E-state index in [2.05, 4.69) is 22.1 Å². The fourth-order valence-electron chi connectivity index (χ4n) is 3.20. The average molecular weight is 436 g/mol. The molecule has 3 aromatic rings. The van der Waals surface area contributed by atoms with E-state index in [0.29, 0.717) is 23.1 Å². The Morgan fingerprint density at radius 1 is 1.13 bits per heavy atom. The third kappa shape index (κ3) is 4.37. The number of methoxy groups -OCH3 is 1. The summed E-state index contributed by atoms with van der Waals surface area (Å²) in [5.41, 5.74) is 3.66. The van der Waals surface area contributed by atoms with Crippen molar-refractivity contribution in [2.24, 2.45) is 0 Å². The van der Waals surface area contributed by atoms with Gasteiger partial charge in [-0.2, -0.15) is 4.98 Å². The second-order valence-corrected chi connectivity index (χ2v) is 8.44. The van der Waals surface area contributed by atoms with Crippen LogP contribution in [0.1, 0.15) is 15.9 Å². The summed E-state index contributed by atoms with van der Waals surface area (Å²) in [4.78, 5) is 23.7. The number of aromatic nitrogens is 2. The zero-order valence-electron chi connectivity index (χ0n) is 16.7. The zero-order valence-corrected chi connectivity index (χ0v) is 18.4. The fraction of sp³-hybridized carbons (Fsp3) is 0.174. The monoisotopic (exact) mass is 435 g/mol. The summed E-state index contributed by atoms with van der Waals surface area (Å²) in [5, 5.41) is 1.53. The lowest BCUT2D eigenvalue weighted by atomic mass is 10.0. The molecule has 0 N–H and O–H groups in total. The van der Waals surface area contributed by atoms with Gasteiger partial charge in [0.15, 0.2) is 5.16 Å². The topological polar surface area (TPSA) is 55.3 Å². The summed E-state index contributed by atoms with van der Waals surface area (Å²) in [6.07, 6.45) is 5.58. The molecule has 1 aromatic heterocycles. The van der Waals surface area contributed by atoms with Crippen LogP contribution in [0.5, 0.6) is 5.88 Å². The summed E-state index contributed by atoms with van der Waals surface area (Å²) in [6.45, 7) is 0.668. The fourth-order valence-corrected chi connectivity index (χ4v) is 4.55. The summed E-state index contributed by atoms with van der Waals surface area (Å²) in [5.74, 6) is 1.35. The quantitative estimate of drug-likeness (QED) is 0.412. The molecule has 1 saturated heterocycles. The number of thioether (sulfide) groups is 2. The standard InChI is InChI=1S/C23H21N3O2S2/c1-28-21-19(15-24-23(25-21)29-2)14-20-26(12-13-30-20)22(27)18-10-8-17(9-11-18)16-6-4-3-5-7-16/h3-11,14-15H,12-13H2,1-2H3/b20-14+. The number of benzene rings is 2. The van der Waals surface area contributed by atoms with Crippen LogP contribution in [0.3, 0.4) is 0 Å². The van der Waals surface area contributed by atoms with Crippen molar-refractivity contribution in [1.82, 2.24) is 14.9 Å². The highest BCUT2D eigenvalue weighted by atomic mass is 32.2. The molecule has 4 rings (SSSR count). The van der Waals surface area contributed by atoms with E-state index >= 15 is 0 Å². The van der Waals surface area contributed by atoms with Crippen molar-refractivity contribution in [2.75, 3.05) is 25.7 Å². The Morgan fingerprint density at radius 3 is 2.57 bits per heavy atom. The average Bonchev–Trinajstić information content (AvgIpc) is 3.27. The van der Waals surface area contributed by atoms with Gasteiger partial charge in [-0.25, -0.2) is 4.98 Å². The maximum atomic E-state index is 13.2. The summed E-state index contributed by atoms with van der Waals surface area (Å²) < 4.78 is 5.41. The lowest BCUT2D eigenvalue weighted by Crippen LogP contribution is -2.26. The molecule has 0 aliphatic carbocycles. The molecule has 2 heterocycles. The van der Waals surface area contributed by atoms with Crippen LogP contribution in [0.25, 0.3) is 17.2 Å². The normalized spacial score (nSPS) is 14.9. The number of carbonyl (C=O) groups is 1. The number of hydrogen-bond acceptors (Lipinski definition) is 6. The Bertz CT molecular complexity index is 1070. The second-order valence-electron chi connectivity index (χ2n) is 6.55. The summed E-state index contributed by atoms with van der Waals surface area (Å²) in [7, 11) is 1.59. The van der Waals surface area contributed by atoms with E-state index in [4.69, 9.17) is 4.74 Å². The molecule has 1 amide bonds. The van der Waals surface area contributed by atoms with Crippen molar-refractivity contribution in [3.63, 3.8) is 0 Å². The highest BCUT2D eigenvalue weighted by Gasteiger charge is 2.25. The molecule has 30 heavy (non-hydrogen) atoms. The van der Waals surface area contributed by atoms with Crippen LogP contribution in [0, 0.1) is 0 Å². The zero-order chi connectivity index (χ0) is 20.9. The first-order valence-corrected chi connectivity index (χ1v) is 11.7. The van der Waals surface area contributed by atoms with Crippen LogP contribution < -0.4 is 4.74 Å². The number of carbonyl (C=O) groups excluding carboxylic acids is 1. The molecule has 1 aliphatic rings. The number of rotatable bonds is 5. The largest absolute Gasteiger partial charge is 0.480 e. The Kier molecular flexibility index (Phi) is 6.40. The van der Waals surface area contributed by atoms with Gasteiger partial charge in [-0.1, -0.05) is 54.2 Å². The predicted octanol–water partition coefficient (Wildman–Crippen LogP) is 5.06. The molecular weight excluding hydrogens is 414 g/mol. The highest BCUT2D eigenvalue weighted by molar-refractivity contribution is 8.03. The Hall–Kier alpha value is -2.77. The molecule has 2 aromatic carbocycles. The Labute approximate surface area is 184 Å². The van der Waals surface area contributed by atoms with E-state index in [1.54, 1.807) is 25.1 Å². The van der Waals surface area contributed by atoms with Gasteiger partial charge >= 0.3 is 0 Å². The molecule has 152 valence electrons. The highest BCUT2D eigenvalue weighted by Crippen LogP contribution is 2.33. The van der Waals surface area contributed by atoms with Gasteiger partial charge in [0.05, 0.1) is 17.7 Å². The van der Waals surface area contributed by atoms with Gasteiger partial charge < -0.3 is 9.64 Å². The van der Waals surface area contributed by atoms with Crippen LogP contribution in [-0.2, 0) is 0 Å². The van der Waals surface area contributed by atoms with Gasteiger partial charge in [-0.15, -0.1) is 11.8 Å². The Morgan fingerprint density at radius 2 is 1.87 bits per heavy atom. The smallest absolute Gasteiger partial charge is 0.258 e. The molecule has 0 atom stereocenters. The first kappa shape index (κ1) is 20.5. The van der Waals surface area contributed by atoms with Gasteiger partial charge in [0.25, 0.3) is 5.91 Å². The molecule has 7 heteroatoms. The lowest BCUT2D eigenvalue weighted by molar-refractivity contribution is 0.0831. The first-order chi connectivity index (χ1) is 14.7. The minimum Gasteiger partial charge on any atom is -0.480 e. The van der Waals surface area contributed by atoms with E-state index < -0.39 is 0 Å². The van der Waals surface area contributed by atoms with Gasteiger partial charge in [-0.05, 0) is 35.6 Å². The van der Waals surface area contributed by atoms with E-state index in [1.165, 1.54) is 11.8 Å². The number of hydrogen-bond donors (Lipinski definition) is 0. The first-order valence-electron chi connectivity index (χ1n) is 9.46. The number of nitrogens with zero attached hydrogens (tertiary/aromatic N) is 3.